The van der Waals surface area contributed by atoms with Gasteiger partial charge in [-0.05, 0) is 50.0 Å². The number of rotatable bonds is 4. The fourth-order valence-electron chi connectivity index (χ4n) is 2.84. The highest BCUT2D eigenvalue weighted by atomic mass is 19.1. The average molecular weight is 250 g/mol. The number of benzene rings is 1. The van der Waals surface area contributed by atoms with Crippen molar-refractivity contribution in [2.24, 2.45) is 5.73 Å². The molecule has 2 nitrogen and oxygen atoms in total. The Kier molecular flexibility index (Phi) is 4.72. The Morgan fingerprint density at radius 3 is 2.61 bits per heavy atom. The van der Waals surface area contributed by atoms with E-state index in [1.54, 1.807) is 12.1 Å². The summed E-state index contributed by atoms with van der Waals surface area (Å²) in [6.45, 7) is 4.25. The summed E-state index contributed by atoms with van der Waals surface area (Å²) in [7, 11) is 0. The van der Waals surface area contributed by atoms with E-state index < -0.39 is 0 Å². The molecule has 1 heterocycles. The van der Waals surface area contributed by atoms with Gasteiger partial charge in [-0.2, -0.15) is 0 Å². The lowest BCUT2D eigenvalue weighted by Crippen LogP contribution is -2.43. The Morgan fingerprint density at radius 2 is 2.00 bits per heavy atom. The van der Waals surface area contributed by atoms with E-state index in [1.165, 1.54) is 25.3 Å². The van der Waals surface area contributed by atoms with Crippen LogP contribution < -0.4 is 5.73 Å². The van der Waals surface area contributed by atoms with Crippen LogP contribution >= 0.6 is 0 Å². The number of hydrogen-bond donors (Lipinski definition) is 1. The highest BCUT2D eigenvalue weighted by Gasteiger charge is 2.26. The first kappa shape index (κ1) is 13.5. The number of hydrogen-bond acceptors (Lipinski definition) is 2. The van der Waals surface area contributed by atoms with Gasteiger partial charge in [0.1, 0.15) is 5.82 Å². The highest BCUT2D eigenvalue weighted by Crippen LogP contribution is 2.28. The second kappa shape index (κ2) is 6.30. The van der Waals surface area contributed by atoms with E-state index >= 15 is 0 Å². The summed E-state index contributed by atoms with van der Waals surface area (Å²) < 4.78 is 13.4. The third-order valence-electron chi connectivity index (χ3n) is 3.85. The van der Waals surface area contributed by atoms with Crippen molar-refractivity contribution in [2.45, 2.75) is 44.7 Å². The van der Waals surface area contributed by atoms with Crippen molar-refractivity contribution >= 4 is 0 Å². The molecule has 18 heavy (non-hydrogen) atoms. The van der Waals surface area contributed by atoms with Crippen LogP contribution in [0.4, 0.5) is 4.39 Å². The quantitative estimate of drug-likeness (QED) is 0.889. The number of nitrogens with two attached hydrogens (primary N) is 1. The summed E-state index contributed by atoms with van der Waals surface area (Å²) in [5.41, 5.74) is 7.29. The summed E-state index contributed by atoms with van der Waals surface area (Å²) in [5.74, 6) is -0.169. The van der Waals surface area contributed by atoms with E-state index in [9.17, 15) is 4.39 Å². The first-order valence-corrected chi connectivity index (χ1v) is 6.97. The molecule has 1 aliphatic rings. The minimum absolute atomic E-state index is 0.0740. The topological polar surface area (TPSA) is 29.3 Å². The van der Waals surface area contributed by atoms with Crippen LogP contribution in [0.5, 0.6) is 0 Å². The molecule has 2 N–H and O–H groups in total. The zero-order valence-electron chi connectivity index (χ0n) is 11.1. The molecule has 2 unspecified atom stereocenters. The maximum absolute atomic E-state index is 13.4. The largest absolute Gasteiger partial charge is 0.326 e. The van der Waals surface area contributed by atoms with Crippen molar-refractivity contribution in [1.82, 2.24) is 4.90 Å². The van der Waals surface area contributed by atoms with E-state index in [2.05, 4.69) is 11.8 Å². The monoisotopic (exact) mass is 250 g/mol. The molecule has 2 rings (SSSR count). The third kappa shape index (κ3) is 3.09. The third-order valence-corrected chi connectivity index (χ3v) is 3.85. The molecule has 2 atom stereocenters. The molecule has 0 aromatic heterocycles. The molecule has 1 aromatic carbocycles. The number of halogens is 1. The maximum Gasteiger partial charge on any atom is 0.123 e. The summed E-state index contributed by atoms with van der Waals surface area (Å²) in [6, 6.07) is 7.14. The minimum atomic E-state index is -0.169. The lowest BCUT2D eigenvalue weighted by molar-refractivity contribution is 0.140. The average Bonchev–Trinajstić information content (AvgIpc) is 2.40. The summed E-state index contributed by atoms with van der Waals surface area (Å²) in [4.78, 5) is 2.42. The van der Waals surface area contributed by atoms with Gasteiger partial charge in [0.25, 0.3) is 0 Å². The van der Waals surface area contributed by atoms with Crippen LogP contribution in [0, 0.1) is 5.82 Å². The molecular weight excluding hydrogens is 227 g/mol. The summed E-state index contributed by atoms with van der Waals surface area (Å²) in [5, 5.41) is 0. The van der Waals surface area contributed by atoms with E-state index in [0.29, 0.717) is 0 Å². The van der Waals surface area contributed by atoms with Gasteiger partial charge in [0.2, 0.25) is 0 Å². The zero-order valence-corrected chi connectivity index (χ0v) is 11.1. The fourth-order valence-corrected chi connectivity index (χ4v) is 2.84. The van der Waals surface area contributed by atoms with Crippen molar-refractivity contribution in [3.8, 4) is 0 Å². The second-order valence-electron chi connectivity index (χ2n) is 5.17. The van der Waals surface area contributed by atoms with Gasteiger partial charge in [0.05, 0.1) is 0 Å². The van der Waals surface area contributed by atoms with E-state index in [1.807, 2.05) is 6.07 Å². The van der Waals surface area contributed by atoms with Crippen LogP contribution in [-0.4, -0.2) is 24.0 Å². The summed E-state index contributed by atoms with van der Waals surface area (Å²) >= 11 is 0. The number of likely N-dealkylation sites (tertiary alicyclic amines) is 1. The lowest BCUT2D eigenvalue weighted by atomic mass is 9.94. The Labute approximate surface area is 109 Å². The van der Waals surface area contributed by atoms with Crippen LogP contribution in [0.2, 0.25) is 0 Å². The predicted octanol–water partition coefficient (Wildman–Crippen LogP) is 3.09. The Bertz CT molecular complexity index is 375. The van der Waals surface area contributed by atoms with Crippen molar-refractivity contribution in [3.05, 3.63) is 35.6 Å². The normalized spacial score (nSPS) is 20.6. The molecule has 1 aromatic rings. The van der Waals surface area contributed by atoms with Crippen LogP contribution in [-0.2, 0) is 0 Å². The Hall–Kier alpha value is -0.930. The molecule has 0 radical (unpaired) electrons. The van der Waals surface area contributed by atoms with E-state index in [0.717, 1.165) is 25.1 Å². The molecule has 0 bridgehead atoms. The molecule has 0 aliphatic carbocycles. The minimum Gasteiger partial charge on any atom is -0.326 e. The summed E-state index contributed by atoms with van der Waals surface area (Å²) in [6.07, 6.45) is 4.66. The predicted molar refractivity (Wildman–Crippen MR) is 72.8 cm³/mol. The van der Waals surface area contributed by atoms with Gasteiger partial charge in [0, 0.05) is 12.1 Å². The molecule has 3 heteroatoms. The molecule has 0 amide bonds. The van der Waals surface area contributed by atoms with Crippen molar-refractivity contribution in [2.75, 3.05) is 13.1 Å². The van der Waals surface area contributed by atoms with Gasteiger partial charge in [0.15, 0.2) is 0 Å². The Morgan fingerprint density at radius 1 is 1.28 bits per heavy atom. The molecule has 0 saturated carbocycles. The molecular formula is C15H23FN2. The molecule has 1 saturated heterocycles. The van der Waals surface area contributed by atoms with Crippen molar-refractivity contribution < 1.29 is 4.39 Å². The van der Waals surface area contributed by atoms with Gasteiger partial charge in [-0.15, -0.1) is 0 Å². The number of piperidine rings is 1. The lowest BCUT2D eigenvalue weighted by Gasteiger charge is -2.38. The second-order valence-corrected chi connectivity index (χ2v) is 5.17. The molecule has 1 fully saturated rings. The van der Waals surface area contributed by atoms with Crippen LogP contribution in [0.3, 0.4) is 0 Å². The first-order valence-electron chi connectivity index (χ1n) is 6.97. The first-order chi connectivity index (χ1) is 8.72. The molecule has 0 spiro atoms. The Balaban J connectivity index is 2.23. The standard InChI is InChI=1S/C15H23FN2/c1-2-14(17)15(18-9-4-3-5-10-18)12-7-6-8-13(16)11-12/h6-8,11,14-15H,2-5,9-10,17H2,1H3. The van der Waals surface area contributed by atoms with Crippen molar-refractivity contribution in [1.29, 1.82) is 0 Å². The van der Waals surface area contributed by atoms with E-state index in [4.69, 9.17) is 5.73 Å². The van der Waals surface area contributed by atoms with Crippen molar-refractivity contribution in [3.63, 3.8) is 0 Å². The highest BCUT2D eigenvalue weighted by molar-refractivity contribution is 5.22. The van der Waals surface area contributed by atoms with Gasteiger partial charge in [-0.1, -0.05) is 25.5 Å². The van der Waals surface area contributed by atoms with Gasteiger partial charge < -0.3 is 5.73 Å². The molecule has 100 valence electrons. The molecule has 1 aliphatic heterocycles. The smallest absolute Gasteiger partial charge is 0.123 e. The van der Waals surface area contributed by atoms with Gasteiger partial charge in [-0.25, -0.2) is 4.39 Å². The van der Waals surface area contributed by atoms with Gasteiger partial charge in [-0.3, -0.25) is 4.90 Å². The van der Waals surface area contributed by atoms with E-state index in [-0.39, 0.29) is 17.9 Å². The fraction of sp³-hybridized carbons (Fsp3) is 0.600. The SMILES string of the molecule is CCC(N)C(c1cccc(F)c1)N1CCCCC1. The zero-order chi connectivity index (χ0) is 13.0. The number of nitrogens with zero attached hydrogens (tertiary/aromatic N) is 1. The van der Waals surface area contributed by atoms with Gasteiger partial charge >= 0.3 is 0 Å². The maximum atomic E-state index is 13.4. The van der Waals surface area contributed by atoms with Crippen LogP contribution in [0.15, 0.2) is 24.3 Å². The van der Waals surface area contributed by atoms with Crippen LogP contribution in [0.25, 0.3) is 0 Å². The van der Waals surface area contributed by atoms with Crippen LogP contribution in [0.1, 0.15) is 44.2 Å².